The third-order valence-corrected chi connectivity index (χ3v) is 7.20. The molecule has 0 aliphatic rings. The maximum absolute atomic E-state index is 12.7. The first-order valence-corrected chi connectivity index (χ1v) is 13.5. The summed E-state index contributed by atoms with van der Waals surface area (Å²) in [6.07, 6.45) is -0.0710. The third kappa shape index (κ3) is 5.94. The second-order valence-electron chi connectivity index (χ2n) is 8.53. The van der Waals surface area contributed by atoms with Gasteiger partial charge in [-0.25, -0.2) is 0 Å². The largest absolute Gasteiger partial charge is 0.481 e. The molecule has 29 heavy (non-hydrogen) atoms. The minimum absolute atomic E-state index is 0.222. The number of carbonyl (C=O) groups is 2. The minimum Gasteiger partial charge on any atom is -0.481 e. The van der Waals surface area contributed by atoms with E-state index in [9.17, 15) is 14.7 Å². The number of carbonyl (C=O) groups excluding carboxylic acids is 1. The predicted octanol–water partition coefficient (Wildman–Crippen LogP) is 5.15. The molecule has 0 radical (unpaired) electrons. The molecule has 1 amide bonds. The van der Waals surface area contributed by atoms with Gasteiger partial charge in [0.1, 0.15) is 5.75 Å². The van der Waals surface area contributed by atoms with Gasteiger partial charge in [0.2, 0.25) is 0 Å². The molecule has 2 rings (SSSR count). The Morgan fingerprint density at radius 2 is 1.69 bits per heavy atom. The number of hydrogen-bond acceptors (Lipinski definition) is 3. The minimum atomic E-state index is -1.92. The fraction of sp³-hybridized carbons (Fsp3) is 0.391. The van der Waals surface area contributed by atoms with Crippen molar-refractivity contribution in [2.24, 2.45) is 0 Å². The fourth-order valence-electron chi connectivity index (χ4n) is 3.40. The Morgan fingerprint density at radius 3 is 2.17 bits per heavy atom. The molecule has 0 heterocycles. The first-order valence-electron chi connectivity index (χ1n) is 9.90. The molecule has 6 heteroatoms. The molecule has 2 N–H and O–H groups in total. The van der Waals surface area contributed by atoms with Crippen LogP contribution in [-0.4, -0.2) is 31.2 Å². The van der Waals surface area contributed by atoms with Crippen molar-refractivity contribution in [2.45, 2.75) is 58.5 Å². The zero-order valence-corrected chi connectivity index (χ0v) is 19.1. The van der Waals surface area contributed by atoms with E-state index in [4.69, 9.17) is 4.74 Å². The van der Waals surface area contributed by atoms with Crippen LogP contribution in [0.5, 0.6) is 5.75 Å². The summed E-state index contributed by atoms with van der Waals surface area (Å²) in [7, 11) is -1.92. The number of nitrogens with one attached hydrogen (secondary N) is 1. The average molecular weight is 414 g/mol. The maximum Gasteiger partial charge on any atom is 0.308 e. The normalized spacial score (nSPS) is 13.4. The van der Waals surface area contributed by atoms with Crippen molar-refractivity contribution in [1.82, 2.24) is 0 Å². The van der Waals surface area contributed by atoms with E-state index in [1.165, 1.54) is 0 Å². The van der Waals surface area contributed by atoms with Gasteiger partial charge in [-0.2, -0.15) is 0 Å². The van der Waals surface area contributed by atoms with E-state index in [2.05, 4.69) is 5.32 Å². The summed E-state index contributed by atoms with van der Waals surface area (Å²) < 4.78 is 5.94. The molecule has 0 aliphatic carbocycles. The lowest BCUT2D eigenvalue weighted by molar-refractivity contribution is -0.137. The van der Waals surface area contributed by atoms with E-state index in [1.807, 2.05) is 58.6 Å². The number of aliphatic carboxylic acids is 1. The first kappa shape index (κ1) is 22.7. The molecule has 0 saturated carbocycles. The maximum atomic E-state index is 12.7. The highest BCUT2D eigenvalue weighted by Crippen LogP contribution is 2.28. The molecule has 2 aromatic carbocycles. The van der Waals surface area contributed by atoms with Gasteiger partial charge in [0.05, 0.1) is 13.6 Å². The second kappa shape index (κ2) is 9.26. The second-order valence-corrected chi connectivity index (χ2v) is 13.8. The van der Waals surface area contributed by atoms with Gasteiger partial charge in [-0.05, 0) is 49.6 Å². The predicted molar refractivity (Wildman–Crippen MR) is 119 cm³/mol. The molecule has 0 saturated heterocycles. The number of anilines is 1. The van der Waals surface area contributed by atoms with E-state index >= 15 is 0 Å². The van der Waals surface area contributed by atoms with Crippen LogP contribution in [0.3, 0.4) is 0 Å². The molecule has 0 aromatic heterocycles. The molecule has 0 fully saturated rings. The van der Waals surface area contributed by atoms with Gasteiger partial charge < -0.3 is 15.2 Å². The number of rotatable bonds is 8. The van der Waals surface area contributed by atoms with Crippen LogP contribution >= 0.6 is 0 Å². The summed E-state index contributed by atoms with van der Waals surface area (Å²) in [5.41, 5.74) is 3.05. The van der Waals surface area contributed by atoms with Crippen molar-refractivity contribution >= 4 is 25.6 Å². The summed E-state index contributed by atoms with van der Waals surface area (Å²) >= 11 is 0. The van der Waals surface area contributed by atoms with Crippen LogP contribution in [0.15, 0.2) is 42.5 Å². The first-order chi connectivity index (χ1) is 13.5. The highest BCUT2D eigenvalue weighted by Gasteiger charge is 2.34. The molecule has 156 valence electrons. The van der Waals surface area contributed by atoms with E-state index in [-0.39, 0.29) is 5.91 Å². The van der Waals surface area contributed by atoms with E-state index < -0.39 is 25.7 Å². The molecular formula is C23H31NO4Si. The number of benzene rings is 2. The van der Waals surface area contributed by atoms with Crippen molar-refractivity contribution in [2.75, 3.05) is 5.32 Å². The Bertz CT molecular complexity index is 871. The lowest BCUT2D eigenvalue weighted by Gasteiger charge is -2.25. The van der Waals surface area contributed by atoms with Gasteiger partial charge in [-0.3, -0.25) is 9.59 Å². The van der Waals surface area contributed by atoms with Crippen LogP contribution in [0.4, 0.5) is 5.69 Å². The number of carboxylic acid groups (broad SMARTS) is 1. The van der Waals surface area contributed by atoms with Gasteiger partial charge in [-0.1, -0.05) is 56.4 Å². The Balaban J connectivity index is 2.11. The highest BCUT2D eigenvalue weighted by molar-refractivity contribution is 6.80. The Labute approximate surface area is 174 Å². The monoisotopic (exact) mass is 413 g/mol. The van der Waals surface area contributed by atoms with Crippen LogP contribution in [0.1, 0.15) is 35.6 Å². The molecule has 2 aromatic rings. The van der Waals surface area contributed by atoms with Crippen molar-refractivity contribution in [3.05, 3.63) is 59.2 Å². The van der Waals surface area contributed by atoms with E-state index in [0.717, 1.165) is 16.7 Å². The molecule has 5 nitrogen and oxygen atoms in total. The van der Waals surface area contributed by atoms with Crippen LogP contribution < -0.4 is 10.1 Å². The summed E-state index contributed by atoms with van der Waals surface area (Å²) in [5, 5.41) is 12.5. The van der Waals surface area contributed by atoms with Crippen LogP contribution in [0.2, 0.25) is 19.6 Å². The molecule has 0 spiro atoms. The number of amides is 1. The lowest BCUT2D eigenvalue weighted by Crippen LogP contribution is -2.36. The van der Waals surface area contributed by atoms with Gasteiger partial charge in [0, 0.05) is 5.69 Å². The van der Waals surface area contributed by atoms with Crippen molar-refractivity contribution in [1.29, 1.82) is 0 Å². The molecule has 0 aliphatic heterocycles. The van der Waals surface area contributed by atoms with Crippen LogP contribution in [0.25, 0.3) is 0 Å². The number of carboxylic acids is 1. The lowest BCUT2D eigenvalue weighted by atomic mass is 10.1. The quantitative estimate of drug-likeness (QED) is 0.587. The van der Waals surface area contributed by atoms with E-state index in [1.54, 1.807) is 24.3 Å². The summed E-state index contributed by atoms with van der Waals surface area (Å²) in [4.78, 5) is 24.4. The standard InChI is InChI=1S/C23H31NO4Si/c1-7-19(28-20-13-8-15(2)14-16(20)3)22(25)24-18-11-9-17(10-12-18)21(23(26)27)29(4,5)6/h8-14,19,21H,7H2,1-6H3,(H,24,25)(H,26,27). The summed E-state index contributed by atoms with van der Waals surface area (Å²) in [5.74, 6) is -0.318. The molecule has 2 atom stereocenters. The molecule has 0 bridgehead atoms. The van der Waals surface area contributed by atoms with Crippen LogP contribution in [0, 0.1) is 13.8 Å². The summed E-state index contributed by atoms with van der Waals surface area (Å²) in [6.45, 7) is 12.0. The topological polar surface area (TPSA) is 75.6 Å². The Hall–Kier alpha value is -2.60. The Morgan fingerprint density at radius 1 is 1.07 bits per heavy atom. The van der Waals surface area contributed by atoms with E-state index in [0.29, 0.717) is 17.9 Å². The number of ether oxygens (including phenoxy) is 1. The van der Waals surface area contributed by atoms with Gasteiger partial charge >= 0.3 is 5.97 Å². The van der Waals surface area contributed by atoms with Gasteiger partial charge in [0.25, 0.3) is 5.91 Å². The smallest absolute Gasteiger partial charge is 0.308 e. The van der Waals surface area contributed by atoms with Crippen LogP contribution in [-0.2, 0) is 9.59 Å². The summed E-state index contributed by atoms with van der Waals surface area (Å²) in [6, 6.07) is 13.0. The zero-order valence-electron chi connectivity index (χ0n) is 18.1. The molecule has 2 unspecified atom stereocenters. The van der Waals surface area contributed by atoms with Crippen molar-refractivity contribution in [3.63, 3.8) is 0 Å². The van der Waals surface area contributed by atoms with Crippen molar-refractivity contribution in [3.8, 4) is 5.75 Å². The molecular weight excluding hydrogens is 382 g/mol. The average Bonchev–Trinajstić information content (AvgIpc) is 2.61. The zero-order chi connectivity index (χ0) is 21.8. The Kier molecular flexibility index (Phi) is 7.25. The fourth-order valence-corrected chi connectivity index (χ4v) is 5.34. The number of hydrogen-bond donors (Lipinski definition) is 2. The van der Waals surface area contributed by atoms with Crippen molar-refractivity contribution < 1.29 is 19.4 Å². The highest BCUT2D eigenvalue weighted by atomic mass is 28.3. The third-order valence-electron chi connectivity index (χ3n) is 4.89. The van der Waals surface area contributed by atoms with Gasteiger partial charge in [0.15, 0.2) is 6.10 Å². The number of aryl methyl sites for hydroxylation is 2. The SMILES string of the molecule is CCC(Oc1ccc(C)cc1C)C(=O)Nc1ccc(C(C(=O)O)[Si](C)(C)C)cc1. The van der Waals surface area contributed by atoms with Gasteiger partial charge in [-0.15, -0.1) is 0 Å².